The normalized spacial score (nSPS) is 12.4. The first-order valence-corrected chi connectivity index (χ1v) is 3.92. The average molecular weight is 164 g/mol. The molecule has 0 bridgehead atoms. The number of aromatic nitrogens is 1. The Morgan fingerprint density at radius 2 is 2.17 bits per heavy atom. The predicted molar refractivity (Wildman–Crippen MR) is 46.6 cm³/mol. The molecule has 0 saturated carbocycles. The van der Waals surface area contributed by atoms with Crippen LogP contribution in [0.15, 0.2) is 24.5 Å². The second-order valence-electron chi connectivity index (χ2n) is 2.69. The molecule has 0 amide bonds. The number of pyridine rings is 1. The summed E-state index contributed by atoms with van der Waals surface area (Å²) in [4.78, 5) is 14.1. The lowest BCUT2D eigenvalue weighted by molar-refractivity contribution is -0.109. The summed E-state index contributed by atoms with van der Waals surface area (Å²) in [5, 5.41) is 0. The maximum Gasteiger partial charge on any atom is 0.136 e. The summed E-state index contributed by atoms with van der Waals surface area (Å²) in [5.74, 6) is 0. The van der Waals surface area contributed by atoms with Crippen LogP contribution in [0.3, 0.4) is 0 Å². The van der Waals surface area contributed by atoms with E-state index >= 15 is 0 Å². The Morgan fingerprint density at radius 3 is 2.75 bits per heavy atom. The van der Waals surface area contributed by atoms with Gasteiger partial charge in [0.25, 0.3) is 0 Å². The lowest BCUT2D eigenvalue weighted by Gasteiger charge is -2.02. The zero-order valence-corrected chi connectivity index (χ0v) is 6.81. The molecule has 0 radical (unpaired) electrons. The summed E-state index contributed by atoms with van der Waals surface area (Å²) in [5.41, 5.74) is 6.61. The molecule has 0 aliphatic rings. The van der Waals surface area contributed by atoms with Crippen molar-refractivity contribution >= 4 is 6.29 Å². The van der Waals surface area contributed by atoms with E-state index in [0.29, 0.717) is 6.42 Å². The van der Waals surface area contributed by atoms with Crippen LogP contribution in [0.4, 0.5) is 0 Å². The first-order valence-electron chi connectivity index (χ1n) is 3.92. The molecule has 3 nitrogen and oxygen atoms in total. The molecule has 0 saturated heterocycles. The van der Waals surface area contributed by atoms with Gasteiger partial charge in [-0.1, -0.05) is 0 Å². The maximum atomic E-state index is 10.2. The zero-order chi connectivity index (χ0) is 8.81. The summed E-state index contributed by atoms with van der Waals surface area (Å²) in [7, 11) is 0. The molecule has 0 fully saturated rings. The molecule has 1 unspecified atom stereocenters. The number of hydrogen-bond acceptors (Lipinski definition) is 3. The van der Waals surface area contributed by atoms with Crippen LogP contribution in [-0.4, -0.2) is 17.3 Å². The van der Waals surface area contributed by atoms with Gasteiger partial charge in [-0.05, 0) is 30.5 Å². The van der Waals surface area contributed by atoms with Crippen LogP contribution < -0.4 is 5.73 Å². The fraction of sp³-hybridized carbons (Fsp3) is 0.333. The van der Waals surface area contributed by atoms with E-state index in [4.69, 9.17) is 5.73 Å². The molecular formula is C9H12N2O. The monoisotopic (exact) mass is 164 g/mol. The van der Waals surface area contributed by atoms with Gasteiger partial charge in [-0.2, -0.15) is 0 Å². The SMILES string of the molecule is NC(C=O)CCc1ccncc1. The minimum absolute atomic E-state index is 0.335. The van der Waals surface area contributed by atoms with Crippen LogP contribution in [-0.2, 0) is 11.2 Å². The van der Waals surface area contributed by atoms with Gasteiger partial charge < -0.3 is 10.5 Å². The van der Waals surface area contributed by atoms with Crippen molar-refractivity contribution in [1.82, 2.24) is 4.98 Å². The second-order valence-corrected chi connectivity index (χ2v) is 2.69. The molecule has 64 valence electrons. The van der Waals surface area contributed by atoms with Crippen molar-refractivity contribution in [3.63, 3.8) is 0 Å². The van der Waals surface area contributed by atoms with Gasteiger partial charge in [0.2, 0.25) is 0 Å². The molecule has 3 heteroatoms. The van der Waals surface area contributed by atoms with Crippen LogP contribution in [0.25, 0.3) is 0 Å². The molecular weight excluding hydrogens is 152 g/mol. The number of aryl methyl sites for hydroxylation is 1. The standard InChI is InChI=1S/C9H12N2O/c10-9(7-12)2-1-8-3-5-11-6-4-8/h3-7,9H,1-2,10H2. The molecule has 1 aromatic heterocycles. The fourth-order valence-corrected chi connectivity index (χ4v) is 0.951. The third-order valence-electron chi connectivity index (χ3n) is 1.69. The third kappa shape index (κ3) is 2.80. The van der Waals surface area contributed by atoms with E-state index in [1.807, 2.05) is 12.1 Å². The number of aldehydes is 1. The highest BCUT2D eigenvalue weighted by molar-refractivity contribution is 5.56. The van der Waals surface area contributed by atoms with Crippen molar-refractivity contribution in [3.8, 4) is 0 Å². The second kappa shape index (κ2) is 4.62. The van der Waals surface area contributed by atoms with Gasteiger partial charge in [0.1, 0.15) is 6.29 Å². The lowest BCUT2D eigenvalue weighted by atomic mass is 10.1. The van der Waals surface area contributed by atoms with Crippen LogP contribution in [0.5, 0.6) is 0 Å². The van der Waals surface area contributed by atoms with Crippen molar-refractivity contribution in [3.05, 3.63) is 30.1 Å². The van der Waals surface area contributed by atoms with E-state index < -0.39 is 0 Å². The van der Waals surface area contributed by atoms with Gasteiger partial charge >= 0.3 is 0 Å². The molecule has 0 aromatic carbocycles. The van der Waals surface area contributed by atoms with Crippen molar-refractivity contribution in [1.29, 1.82) is 0 Å². The van der Waals surface area contributed by atoms with E-state index in [1.54, 1.807) is 12.4 Å². The summed E-state index contributed by atoms with van der Waals surface area (Å²) in [6, 6.07) is 3.52. The molecule has 1 rings (SSSR count). The van der Waals surface area contributed by atoms with E-state index in [-0.39, 0.29) is 6.04 Å². The fourth-order valence-electron chi connectivity index (χ4n) is 0.951. The topological polar surface area (TPSA) is 56.0 Å². The summed E-state index contributed by atoms with van der Waals surface area (Å²) >= 11 is 0. The first-order chi connectivity index (χ1) is 5.83. The van der Waals surface area contributed by atoms with Crippen LogP contribution in [0.1, 0.15) is 12.0 Å². The first kappa shape index (κ1) is 8.87. The largest absolute Gasteiger partial charge is 0.322 e. The Labute approximate surface area is 71.6 Å². The lowest BCUT2D eigenvalue weighted by Crippen LogP contribution is -2.21. The summed E-state index contributed by atoms with van der Waals surface area (Å²) in [6.45, 7) is 0. The molecule has 2 N–H and O–H groups in total. The number of hydrogen-bond donors (Lipinski definition) is 1. The van der Waals surface area contributed by atoms with E-state index in [0.717, 1.165) is 12.7 Å². The molecule has 1 heterocycles. The van der Waals surface area contributed by atoms with Gasteiger partial charge in [-0.25, -0.2) is 0 Å². The predicted octanol–water partition coefficient (Wildman–Crippen LogP) is 0.540. The Balaban J connectivity index is 2.38. The maximum absolute atomic E-state index is 10.2. The molecule has 1 aromatic rings. The highest BCUT2D eigenvalue weighted by Gasteiger charge is 1.99. The van der Waals surface area contributed by atoms with Crippen molar-refractivity contribution in [2.24, 2.45) is 5.73 Å². The molecule has 1 atom stereocenters. The van der Waals surface area contributed by atoms with Crippen molar-refractivity contribution in [2.45, 2.75) is 18.9 Å². The number of carbonyl (C=O) groups is 1. The van der Waals surface area contributed by atoms with Crippen LogP contribution in [0, 0.1) is 0 Å². The highest BCUT2D eigenvalue weighted by atomic mass is 16.1. The van der Waals surface area contributed by atoms with Crippen LogP contribution in [0.2, 0.25) is 0 Å². The Morgan fingerprint density at radius 1 is 1.50 bits per heavy atom. The Hall–Kier alpha value is -1.22. The van der Waals surface area contributed by atoms with E-state index in [9.17, 15) is 4.79 Å². The number of rotatable bonds is 4. The van der Waals surface area contributed by atoms with Gasteiger partial charge in [0, 0.05) is 12.4 Å². The minimum Gasteiger partial charge on any atom is -0.322 e. The summed E-state index contributed by atoms with van der Waals surface area (Å²) in [6.07, 6.45) is 5.79. The Bertz CT molecular complexity index is 236. The molecule has 0 spiro atoms. The van der Waals surface area contributed by atoms with Crippen LogP contribution >= 0.6 is 0 Å². The van der Waals surface area contributed by atoms with Gasteiger partial charge in [0.05, 0.1) is 6.04 Å². The molecule has 0 aliphatic carbocycles. The zero-order valence-electron chi connectivity index (χ0n) is 6.81. The third-order valence-corrected chi connectivity index (χ3v) is 1.69. The highest BCUT2D eigenvalue weighted by Crippen LogP contribution is 2.01. The molecule has 12 heavy (non-hydrogen) atoms. The van der Waals surface area contributed by atoms with Crippen molar-refractivity contribution in [2.75, 3.05) is 0 Å². The average Bonchev–Trinajstić information content (AvgIpc) is 2.16. The number of carbonyl (C=O) groups excluding carboxylic acids is 1. The smallest absolute Gasteiger partial charge is 0.136 e. The van der Waals surface area contributed by atoms with E-state index in [2.05, 4.69) is 4.98 Å². The number of nitrogens with zero attached hydrogens (tertiary/aromatic N) is 1. The van der Waals surface area contributed by atoms with E-state index in [1.165, 1.54) is 5.56 Å². The van der Waals surface area contributed by atoms with Crippen molar-refractivity contribution < 1.29 is 4.79 Å². The van der Waals surface area contributed by atoms with Gasteiger partial charge in [-0.15, -0.1) is 0 Å². The quantitative estimate of drug-likeness (QED) is 0.661. The molecule has 0 aliphatic heterocycles. The van der Waals surface area contributed by atoms with Gasteiger partial charge in [-0.3, -0.25) is 4.98 Å². The minimum atomic E-state index is -0.335. The van der Waals surface area contributed by atoms with Gasteiger partial charge in [0.15, 0.2) is 0 Å². The summed E-state index contributed by atoms with van der Waals surface area (Å²) < 4.78 is 0. The number of nitrogens with two attached hydrogens (primary N) is 1. The Kier molecular flexibility index (Phi) is 3.41.